The molecule has 1 N–H and O–H groups in total. The summed E-state index contributed by atoms with van der Waals surface area (Å²) >= 11 is 2.16. The standard InChI is InChI=1S/C17H34N2S/c1-5-6-15-7-8-17(18-4)16(9-15)12-19-10-13(2)20-14(3)11-19/h13-18H,5-12H2,1-4H3. The predicted octanol–water partition coefficient (Wildman–Crippen LogP) is 3.62. The maximum atomic E-state index is 3.60. The molecule has 1 heterocycles. The fraction of sp³-hybridized carbons (Fsp3) is 1.00. The molecule has 0 aromatic rings. The van der Waals surface area contributed by atoms with Gasteiger partial charge >= 0.3 is 0 Å². The molecule has 2 aliphatic rings. The molecular weight excluding hydrogens is 264 g/mol. The van der Waals surface area contributed by atoms with Crippen LogP contribution in [-0.2, 0) is 0 Å². The maximum absolute atomic E-state index is 3.60. The maximum Gasteiger partial charge on any atom is 0.0149 e. The van der Waals surface area contributed by atoms with E-state index in [-0.39, 0.29) is 0 Å². The number of nitrogens with zero attached hydrogens (tertiary/aromatic N) is 1. The minimum absolute atomic E-state index is 0.753. The average Bonchev–Trinajstić information content (AvgIpc) is 2.38. The highest BCUT2D eigenvalue weighted by Gasteiger charge is 2.32. The number of hydrogen-bond donors (Lipinski definition) is 1. The quantitative estimate of drug-likeness (QED) is 0.834. The molecule has 1 aliphatic carbocycles. The Kier molecular flexibility index (Phi) is 6.70. The van der Waals surface area contributed by atoms with Crippen LogP contribution in [0, 0.1) is 11.8 Å². The Morgan fingerprint density at radius 2 is 1.85 bits per heavy atom. The molecule has 0 spiro atoms. The molecule has 0 radical (unpaired) electrons. The Morgan fingerprint density at radius 1 is 1.15 bits per heavy atom. The molecule has 2 nitrogen and oxygen atoms in total. The second kappa shape index (κ2) is 8.05. The van der Waals surface area contributed by atoms with Crippen molar-refractivity contribution in [3.63, 3.8) is 0 Å². The van der Waals surface area contributed by atoms with Crippen LogP contribution >= 0.6 is 11.8 Å². The minimum atomic E-state index is 0.753. The van der Waals surface area contributed by atoms with Crippen LogP contribution in [-0.4, -0.2) is 48.1 Å². The molecule has 1 saturated carbocycles. The van der Waals surface area contributed by atoms with Crippen molar-refractivity contribution in [1.82, 2.24) is 10.2 Å². The molecule has 0 amide bonds. The second-order valence-corrected chi connectivity index (χ2v) is 8.98. The van der Waals surface area contributed by atoms with Crippen molar-refractivity contribution in [1.29, 1.82) is 0 Å². The van der Waals surface area contributed by atoms with E-state index in [9.17, 15) is 0 Å². The Balaban J connectivity index is 1.89. The Hall–Kier alpha value is 0.270. The largest absolute Gasteiger partial charge is 0.317 e. The van der Waals surface area contributed by atoms with E-state index in [2.05, 4.69) is 49.8 Å². The lowest BCUT2D eigenvalue weighted by Gasteiger charge is -2.42. The minimum Gasteiger partial charge on any atom is -0.317 e. The molecule has 3 heteroatoms. The van der Waals surface area contributed by atoms with Crippen LogP contribution in [0.4, 0.5) is 0 Å². The summed E-state index contributed by atoms with van der Waals surface area (Å²) in [5.74, 6) is 1.86. The normalized spacial score (nSPS) is 39.9. The van der Waals surface area contributed by atoms with Gasteiger partial charge in [-0.15, -0.1) is 0 Å². The first-order chi connectivity index (χ1) is 9.62. The van der Waals surface area contributed by atoms with Gasteiger partial charge < -0.3 is 10.2 Å². The molecule has 1 aliphatic heterocycles. The van der Waals surface area contributed by atoms with E-state index >= 15 is 0 Å². The zero-order valence-electron chi connectivity index (χ0n) is 13.9. The Bertz CT molecular complexity index is 274. The van der Waals surface area contributed by atoms with Crippen LogP contribution in [0.2, 0.25) is 0 Å². The van der Waals surface area contributed by atoms with Gasteiger partial charge in [-0.3, -0.25) is 0 Å². The predicted molar refractivity (Wildman–Crippen MR) is 91.5 cm³/mol. The van der Waals surface area contributed by atoms with E-state index in [1.165, 1.54) is 51.7 Å². The molecule has 1 saturated heterocycles. The monoisotopic (exact) mass is 298 g/mol. The molecule has 0 bridgehead atoms. The van der Waals surface area contributed by atoms with E-state index in [0.717, 1.165) is 28.4 Å². The highest BCUT2D eigenvalue weighted by Crippen LogP contribution is 2.34. The van der Waals surface area contributed by atoms with Crippen molar-refractivity contribution in [2.24, 2.45) is 11.8 Å². The van der Waals surface area contributed by atoms with Crippen LogP contribution in [0.15, 0.2) is 0 Å². The third-order valence-electron chi connectivity index (χ3n) is 5.15. The molecule has 0 aromatic heterocycles. The molecule has 5 unspecified atom stereocenters. The molecule has 20 heavy (non-hydrogen) atoms. The first kappa shape index (κ1) is 16.6. The first-order valence-corrected chi connectivity index (χ1v) is 9.61. The fourth-order valence-corrected chi connectivity index (χ4v) is 5.77. The van der Waals surface area contributed by atoms with E-state index in [4.69, 9.17) is 0 Å². The van der Waals surface area contributed by atoms with Crippen molar-refractivity contribution in [3.8, 4) is 0 Å². The van der Waals surface area contributed by atoms with Gasteiger partial charge in [0.25, 0.3) is 0 Å². The van der Waals surface area contributed by atoms with Gasteiger partial charge in [-0.05, 0) is 38.1 Å². The van der Waals surface area contributed by atoms with Gasteiger partial charge in [0.15, 0.2) is 0 Å². The number of rotatable bonds is 5. The Morgan fingerprint density at radius 3 is 2.45 bits per heavy atom. The lowest BCUT2D eigenvalue weighted by atomic mass is 9.76. The smallest absolute Gasteiger partial charge is 0.0149 e. The highest BCUT2D eigenvalue weighted by atomic mass is 32.2. The molecule has 5 atom stereocenters. The van der Waals surface area contributed by atoms with E-state index < -0.39 is 0 Å². The van der Waals surface area contributed by atoms with Crippen molar-refractivity contribution in [2.45, 2.75) is 69.4 Å². The van der Waals surface area contributed by atoms with Gasteiger partial charge in [0.2, 0.25) is 0 Å². The van der Waals surface area contributed by atoms with Crippen LogP contribution in [0.3, 0.4) is 0 Å². The van der Waals surface area contributed by atoms with Gasteiger partial charge in [0.1, 0.15) is 0 Å². The topological polar surface area (TPSA) is 15.3 Å². The van der Waals surface area contributed by atoms with Crippen LogP contribution in [0.5, 0.6) is 0 Å². The molecule has 118 valence electrons. The van der Waals surface area contributed by atoms with Gasteiger partial charge in [-0.2, -0.15) is 11.8 Å². The number of hydrogen-bond acceptors (Lipinski definition) is 3. The summed E-state index contributed by atoms with van der Waals surface area (Å²) in [5, 5.41) is 5.21. The Labute approximate surface area is 130 Å². The van der Waals surface area contributed by atoms with E-state index in [0.29, 0.717) is 0 Å². The van der Waals surface area contributed by atoms with Crippen molar-refractivity contribution in [3.05, 3.63) is 0 Å². The SMILES string of the molecule is CCCC1CCC(NC)C(CN2CC(C)SC(C)C2)C1. The number of thioether (sulfide) groups is 1. The van der Waals surface area contributed by atoms with Crippen LogP contribution < -0.4 is 5.32 Å². The third kappa shape index (κ3) is 4.64. The fourth-order valence-electron chi connectivity index (χ4n) is 4.38. The van der Waals surface area contributed by atoms with Crippen molar-refractivity contribution in [2.75, 3.05) is 26.7 Å². The molecule has 0 aromatic carbocycles. The summed E-state index contributed by atoms with van der Waals surface area (Å²) in [5.41, 5.74) is 0. The summed E-state index contributed by atoms with van der Waals surface area (Å²) in [6.07, 6.45) is 7.08. The van der Waals surface area contributed by atoms with E-state index in [1.807, 2.05) is 0 Å². The zero-order valence-corrected chi connectivity index (χ0v) is 14.7. The third-order valence-corrected chi connectivity index (χ3v) is 6.37. The summed E-state index contributed by atoms with van der Waals surface area (Å²) in [6.45, 7) is 11.0. The van der Waals surface area contributed by atoms with Gasteiger partial charge in [0, 0.05) is 36.2 Å². The molecule has 2 fully saturated rings. The zero-order chi connectivity index (χ0) is 14.5. The van der Waals surface area contributed by atoms with Crippen molar-refractivity contribution < 1.29 is 0 Å². The lowest BCUT2D eigenvalue weighted by Crippen LogP contribution is -2.48. The summed E-state index contributed by atoms with van der Waals surface area (Å²) in [7, 11) is 2.16. The van der Waals surface area contributed by atoms with Crippen molar-refractivity contribution >= 4 is 11.8 Å². The molecule has 2 rings (SSSR count). The van der Waals surface area contributed by atoms with E-state index in [1.54, 1.807) is 0 Å². The van der Waals surface area contributed by atoms with Gasteiger partial charge in [-0.1, -0.05) is 33.6 Å². The highest BCUT2D eigenvalue weighted by molar-refractivity contribution is 8.00. The first-order valence-electron chi connectivity index (χ1n) is 8.67. The summed E-state index contributed by atoms with van der Waals surface area (Å²) < 4.78 is 0. The van der Waals surface area contributed by atoms with Gasteiger partial charge in [-0.25, -0.2) is 0 Å². The number of nitrogens with one attached hydrogen (secondary N) is 1. The summed E-state index contributed by atoms with van der Waals surface area (Å²) in [4.78, 5) is 2.75. The van der Waals surface area contributed by atoms with Gasteiger partial charge in [0.05, 0.1) is 0 Å². The lowest BCUT2D eigenvalue weighted by molar-refractivity contribution is 0.138. The molecular formula is C17H34N2S. The summed E-state index contributed by atoms with van der Waals surface area (Å²) in [6, 6.07) is 0.753. The average molecular weight is 299 g/mol. The van der Waals surface area contributed by atoms with Crippen LogP contribution in [0.25, 0.3) is 0 Å². The van der Waals surface area contributed by atoms with Crippen LogP contribution in [0.1, 0.15) is 52.9 Å². The second-order valence-electron chi connectivity index (χ2n) is 7.10.